The predicted octanol–water partition coefficient (Wildman–Crippen LogP) is 3.48. The Balaban J connectivity index is 1.72. The molecule has 1 fully saturated rings. The van der Waals surface area contributed by atoms with Gasteiger partial charge in [-0.3, -0.25) is 4.98 Å². The Morgan fingerprint density at radius 2 is 1.94 bits per heavy atom. The Morgan fingerprint density at radius 3 is 2.73 bits per heavy atom. The number of fused-ring (bicyclic) bond motifs is 1. The van der Waals surface area contributed by atoms with Crippen molar-refractivity contribution in [3.05, 3.63) is 60.4 Å². The molecule has 0 amide bonds. The molecular weight excluding hydrogens is 428 g/mol. The van der Waals surface area contributed by atoms with Gasteiger partial charge in [-0.1, -0.05) is 0 Å². The maximum absolute atomic E-state index is 14.8. The van der Waals surface area contributed by atoms with Crippen LogP contribution in [0, 0.1) is 11.6 Å². The Labute approximate surface area is 188 Å². The van der Waals surface area contributed by atoms with Crippen molar-refractivity contribution in [2.75, 3.05) is 25.1 Å². The van der Waals surface area contributed by atoms with Crippen LogP contribution >= 0.6 is 0 Å². The number of H-pyrrole nitrogens is 1. The summed E-state index contributed by atoms with van der Waals surface area (Å²) in [7, 11) is 1.59. The van der Waals surface area contributed by atoms with Gasteiger partial charge in [-0.25, -0.2) is 13.8 Å². The van der Waals surface area contributed by atoms with Gasteiger partial charge in [-0.15, -0.1) is 0 Å². The normalized spacial score (nSPS) is 18.6. The van der Waals surface area contributed by atoms with E-state index >= 15 is 0 Å². The summed E-state index contributed by atoms with van der Waals surface area (Å²) in [6.45, 7) is 0.781. The smallest absolute Gasteiger partial charge is 0.142 e. The zero-order chi connectivity index (χ0) is 23.1. The third kappa shape index (κ3) is 3.90. The van der Waals surface area contributed by atoms with Crippen LogP contribution in [0.15, 0.2) is 48.8 Å². The molecule has 0 radical (unpaired) electrons. The molecule has 1 aliphatic heterocycles. The molecule has 9 heteroatoms. The van der Waals surface area contributed by atoms with E-state index in [9.17, 15) is 13.9 Å². The van der Waals surface area contributed by atoms with E-state index < -0.39 is 17.7 Å². The van der Waals surface area contributed by atoms with Crippen LogP contribution in [0.3, 0.4) is 0 Å². The molecule has 170 valence electrons. The van der Waals surface area contributed by atoms with Crippen molar-refractivity contribution in [3.63, 3.8) is 0 Å². The quantitative estimate of drug-likeness (QED) is 0.439. The third-order valence-corrected chi connectivity index (χ3v) is 6.03. The number of nitrogens with zero attached hydrogens (tertiary/aromatic N) is 3. The lowest BCUT2D eigenvalue weighted by Gasteiger charge is -2.37. The summed E-state index contributed by atoms with van der Waals surface area (Å²) in [5.74, 6) is 0.0723. The lowest BCUT2D eigenvalue weighted by molar-refractivity contribution is 0.132. The number of benzene rings is 2. The highest BCUT2D eigenvalue weighted by Gasteiger charge is 2.29. The van der Waals surface area contributed by atoms with E-state index in [1.807, 2.05) is 23.1 Å². The number of nitrogens with one attached hydrogen (secondary N) is 1. The molecule has 0 saturated carbocycles. The number of hydrogen-bond acceptors (Lipinski definition) is 6. The molecule has 1 aliphatic rings. The van der Waals surface area contributed by atoms with Gasteiger partial charge in [0.15, 0.2) is 0 Å². The zero-order valence-corrected chi connectivity index (χ0v) is 17.9. The van der Waals surface area contributed by atoms with E-state index in [0.717, 1.165) is 29.2 Å². The van der Waals surface area contributed by atoms with Crippen molar-refractivity contribution in [1.29, 1.82) is 0 Å². The summed E-state index contributed by atoms with van der Waals surface area (Å²) >= 11 is 0. The van der Waals surface area contributed by atoms with Crippen molar-refractivity contribution in [1.82, 2.24) is 15.0 Å². The van der Waals surface area contributed by atoms with Crippen LogP contribution in [0.1, 0.15) is 6.42 Å². The third-order valence-electron chi connectivity index (χ3n) is 6.03. The number of anilines is 1. The Morgan fingerprint density at radius 1 is 1.12 bits per heavy atom. The first kappa shape index (κ1) is 21.3. The van der Waals surface area contributed by atoms with Gasteiger partial charge in [-0.2, -0.15) is 0 Å². The van der Waals surface area contributed by atoms with E-state index in [-0.39, 0.29) is 18.2 Å². The number of pyridine rings is 1. The maximum Gasteiger partial charge on any atom is 0.142 e. The summed E-state index contributed by atoms with van der Waals surface area (Å²) < 4.78 is 34.2. The number of aliphatic hydroxyl groups excluding tert-OH is 1. The summed E-state index contributed by atoms with van der Waals surface area (Å²) in [6, 6.07) is 8.45. The number of aromatic amines is 1. The van der Waals surface area contributed by atoms with Gasteiger partial charge in [0.2, 0.25) is 0 Å². The Hall–Kier alpha value is -3.56. The van der Waals surface area contributed by atoms with Gasteiger partial charge in [0.1, 0.15) is 23.2 Å². The molecule has 33 heavy (non-hydrogen) atoms. The fraction of sp³-hybridized carbons (Fsp3) is 0.250. The summed E-state index contributed by atoms with van der Waals surface area (Å²) in [5, 5.41) is 10.4. The summed E-state index contributed by atoms with van der Waals surface area (Å²) in [5.41, 5.74) is 9.20. The van der Waals surface area contributed by atoms with Crippen LogP contribution < -0.4 is 15.4 Å². The average Bonchev–Trinajstić information content (AvgIpc) is 3.25. The molecule has 5 rings (SSSR count). The van der Waals surface area contributed by atoms with Crippen molar-refractivity contribution in [3.8, 4) is 28.3 Å². The highest BCUT2D eigenvalue weighted by molar-refractivity contribution is 5.91. The molecule has 7 nitrogen and oxygen atoms in total. The second kappa shape index (κ2) is 8.42. The van der Waals surface area contributed by atoms with E-state index in [0.29, 0.717) is 41.4 Å². The molecule has 3 heterocycles. The number of β-amino-alcohol motifs (C(OH)–C–C–N with tert-alkyl or cyclic N) is 1. The number of rotatable bonds is 4. The molecule has 0 bridgehead atoms. The number of piperidine rings is 1. The number of ether oxygens (including phenoxy) is 1. The number of imidazole rings is 1. The Bertz CT molecular complexity index is 1330. The topological polar surface area (TPSA) is 100 Å². The van der Waals surface area contributed by atoms with E-state index in [2.05, 4.69) is 15.0 Å². The predicted molar refractivity (Wildman–Crippen MR) is 122 cm³/mol. The van der Waals surface area contributed by atoms with E-state index in [1.165, 1.54) is 6.20 Å². The summed E-state index contributed by atoms with van der Waals surface area (Å²) in [6.07, 6.45) is 2.92. The molecule has 4 N–H and O–H groups in total. The maximum atomic E-state index is 14.8. The highest BCUT2D eigenvalue weighted by atomic mass is 19.1. The van der Waals surface area contributed by atoms with Gasteiger partial charge in [0.05, 0.1) is 35.5 Å². The lowest BCUT2D eigenvalue weighted by Crippen LogP contribution is -2.50. The molecule has 0 aliphatic carbocycles. The molecule has 0 unspecified atom stereocenters. The van der Waals surface area contributed by atoms with Gasteiger partial charge in [0, 0.05) is 48.7 Å². The minimum Gasteiger partial charge on any atom is -0.497 e. The van der Waals surface area contributed by atoms with Gasteiger partial charge in [0.25, 0.3) is 0 Å². The largest absolute Gasteiger partial charge is 0.497 e. The van der Waals surface area contributed by atoms with Crippen molar-refractivity contribution in [2.45, 2.75) is 18.6 Å². The molecule has 2 aromatic heterocycles. The number of aromatic nitrogens is 3. The first-order chi connectivity index (χ1) is 15.9. The van der Waals surface area contributed by atoms with E-state index in [1.54, 1.807) is 13.3 Å². The number of aliphatic hydroxyl groups is 1. The van der Waals surface area contributed by atoms with Crippen molar-refractivity contribution >= 4 is 16.7 Å². The molecule has 4 aromatic rings. The molecule has 2 atom stereocenters. The Kier molecular flexibility index (Phi) is 5.43. The van der Waals surface area contributed by atoms with Gasteiger partial charge in [-0.05, 0) is 36.8 Å². The fourth-order valence-corrected chi connectivity index (χ4v) is 4.26. The van der Waals surface area contributed by atoms with Crippen LogP contribution in [0.25, 0.3) is 33.5 Å². The minimum atomic E-state index is -0.759. The standard InChI is InChI=1S/C24H23F2N5O2/c1-33-14-3-5-20-21(9-14)30-24(29-20)17-11-28-10-16(15-8-13(25)2-4-18(15)26)23(17)31-7-6-19(27)22(32)12-31/h2-5,8-11,19,22,32H,6-7,12,27H2,1H3,(H,29,30)/t19-,22+/m1/s1. The van der Waals surface area contributed by atoms with Crippen LogP contribution in [-0.4, -0.2) is 52.4 Å². The van der Waals surface area contributed by atoms with E-state index in [4.69, 9.17) is 10.5 Å². The van der Waals surface area contributed by atoms with Gasteiger partial charge >= 0.3 is 0 Å². The van der Waals surface area contributed by atoms with Crippen LogP contribution in [0.2, 0.25) is 0 Å². The SMILES string of the molecule is COc1ccc2nc(-c3cncc(-c4cc(F)ccc4F)c3N3CC[C@@H](N)[C@@H](O)C3)[nH]c2c1. The first-order valence-electron chi connectivity index (χ1n) is 10.6. The molecule has 1 saturated heterocycles. The zero-order valence-electron chi connectivity index (χ0n) is 17.9. The van der Waals surface area contributed by atoms with Gasteiger partial charge < -0.3 is 25.5 Å². The van der Waals surface area contributed by atoms with Crippen LogP contribution in [0.5, 0.6) is 5.75 Å². The lowest BCUT2D eigenvalue weighted by atomic mass is 9.97. The minimum absolute atomic E-state index is 0.0847. The molecular formula is C24H23F2N5O2. The summed E-state index contributed by atoms with van der Waals surface area (Å²) in [4.78, 5) is 14.2. The average molecular weight is 451 g/mol. The van der Waals surface area contributed by atoms with Crippen LogP contribution in [0.4, 0.5) is 14.5 Å². The number of methoxy groups -OCH3 is 1. The monoisotopic (exact) mass is 451 g/mol. The molecule has 2 aromatic carbocycles. The number of halogens is 2. The highest BCUT2D eigenvalue weighted by Crippen LogP contribution is 2.40. The number of nitrogens with two attached hydrogens (primary N) is 1. The number of hydrogen-bond donors (Lipinski definition) is 3. The van der Waals surface area contributed by atoms with Crippen molar-refractivity contribution < 1.29 is 18.6 Å². The van der Waals surface area contributed by atoms with Crippen LogP contribution in [-0.2, 0) is 0 Å². The van der Waals surface area contributed by atoms with Crippen molar-refractivity contribution in [2.24, 2.45) is 5.73 Å². The fourth-order valence-electron chi connectivity index (χ4n) is 4.26. The second-order valence-corrected chi connectivity index (χ2v) is 8.14. The molecule has 0 spiro atoms. The first-order valence-corrected chi connectivity index (χ1v) is 10.6. The second-order valence-electron chi connectivity index (χ2n) is 8.14.